The standard InChI is InChI=1S/C16H17FN2O/c1-11(12-6-3-2-4-7-12)20-10-13-8-5-9-14(15(13)17)16(18)19/h2-9,11H,10H2,1H3,(H3,18,19). The van der Waals surface area contributed by atoms with Crippen LogP contribution in [0.1, 0.15) is 29.7 Å². The highest BCUT2D eigenvalue weighted by molar-refractivity contribution is 5.95. The zero-order valence-corrected chi connectivity index (χ0v) is 11.3. The Bertz CT molecular complexity index is 599. The van der Waals surface area contributed by atoms with E-state index in [0.29, 0.717) is 5.56 Å². The van der Waals surface area contributed by atoms with E-state index < -0.39 is 5.82 Å². The quantitative estimate of drug-likeness (QED) is 0.647. The maximum atomic E-state index is 14.1. The molecule has 1 atom stereocenters. The van der Waals surface area contributed by atoms with Gasteiger partial charge in [-0.1, -0.05) is 42.5 Å². The summed E-state index contributed by atoms with van der Waals surface area (Å²) in [6.07, 6.45) is -0.128. The lowest BCUT2D eigenvalue weighted by molar-refractivity contribution is 0.0508. The molecule has 0 heterocycles. The molecule has 2 aromatic rings. The van der Waals surface area contributed by atoms with Crippen LogP contribution in [0.5, 0.6) is 0 Å². The van der Waals surface area contributed by atoms with Gasteiger partial charge in [0.25, 0.3) is 0 Å². The van der Waals surface area contributed by atoms with E-state index in [9.17, 15) is 4.39 Å². The van der Waals surface area contributed by atoms with Crippen molar-refractivity contribution in [2.45, 2.75) is 19.6 Å². The number of nitrogen functional groups attached to an aromatic ring is 1. The first-order valence-corrected chi connectivity index (χ1v) is 6.38. The Hall–Kier alpha value is -2.20. The largest absolute Gasteiger partial charge is 0.384 e. The SMILES string of the molecule is CC(OCc1cccc(C(=N)N)c1F)c1ccccc1. The molecule has 0 aliphatic carbocycles. The van der Waals surface area contributed by atoms with Crippen molar-refractivity contribution in [3.05, 3.63) is 71.0 Å². The van der Waals surface area contributed by atoms with E-state index in [1.54, 1.807) is 12.1 Å². The van der Waals surface area contributed by atoms with Gasteiger partial charge in [0, 0.05) is 5.56 Å². The molecule has 0 aliphatic heterocycles. The molecule has 3 N–H and O–H groups in total. The summed E-state index contributed by atoms with van der Waals surface area (Å²) in [6.45, 7) is 2.06. The third-order valence-electron chi connectivity index (χ3n) is 3.13. The summed E-state index contributed by atoms with van der Waals surface area (Å²) in [5.74, 6) is -0.763. The smallest absolute Gasteiger partial charge is 0.139 e. The van der Waals surface area contributed by atoms with Crippen LogP contribution in [0.4, 0.5) is 4.39 Å². The molecule has 3 nitrogen and oxygen atoms in total. The maximum Gasteiger partial charge on any atom is 0.139 e. The fraction of sp³-hybridized carbons (Fsp3) is 0.188. The van der Waals surface area contributed by atoms with Gasteiger partial charge in [-0.15, -0.1) is 0 Å². The summed E-state index contributed by atoms with van der Waals surface area (Å²) in [5.41, 5.74) is 6.88. The van der Waals surface area contributed by atoms with Crippen molar-refractivity contribution in [3.63, 3.8) is 0 Å². The van der Waals surface area contributed by atoms with E-state index in [1.807, 2.05) is 37.3 Å². The molecule has 0 spiro atoms. The van der Waals surface area contributed by atoms with Crippen LogP contribution >= 0.6 is 0 Å². The predicted molar refractivity (Wildman–Crippen MR) is 77.1 cm³/mol. The van der Waals surface area contributed by atoms with Crippen molar-refractivity contribution in [1.29, 1.82) is 5.41 Å². The fourth-order valence-electron chi connectivity index (χ4n) is 1.93. The van der Waals surface area contributed by atoms with E-state index in [-0.39, 0.29) is 24.1 Å². The Kier molecular flexibility index (Phi) is 4.48. The van der Waals surface area contributed by atoms with Crippen LogP contribution < -0.4 is 5.73 Å². The number of hydrogen-bond acceptors (Lipinski definition) is 2. The van der Waals surface area contributed by atoms with Gasteiger partial charge in [-0.25, -0.2) is 4.39 Å². The number of nitrogens with one attached hydrogen (secondary N) is 1. The summed E-state index contributed by atoms with van der Waals surface area (Å²) in [7, 11) is 0. The molecular formula is C16H17FN2O. The molecule has 0 aliphatic rings. The second-order valence-corrected chi connectivity index (χ2v) is 4.56. The fourth-order valence-corrected chi connectivity index (χ4v) is 1.93. The molecule has 2 rings (SSSR count). The lowest BCUT2D eigenvalue weighted by Crippen LogP contribution is -2.14. The van der Waals surface area contributed by atoms with Crippen LogP contribution in [0.15, 0.2) is 48.5 Å². The van der Waals surface area contributed by atoms with Gasteiger partial charge in [0.15, 0.2) is 0 Å². The number of rotatable bonds is 5. The molecule has 104 valence electrons. The molecular weight excluding hydrogens is 255 g/mol. The molecule has 0 saturated heterocycles. The van der Waals surface area contributed by atoms with Crippen LogP contribution in [0.2, 0.25) is 0 Å². The van der Waals surface area contributed by atoms with Crippen LogP contribution in [0.25, 0.3) is 0 Å². The second-order valence-electron chi connectivity index (χ2n) is 4.56. The molecule has 0 amide bonds. The normalized spacial score (nSPS) is 12.1. The average molecular weight is 272 g/mol. The van der Waals surface area contributed by atoms with Crippen molar-refractivity contribution in [3.8, 4) is 0 Å². The monoisotopic (exact) mass is 272 g/mol. The summed E-state index contributed by atoms with van der Waals surface area (Å²) >= 11 is 0. The van der Waals surface area contributed by atoms with Crippen molar-refractivity contribution >= 4 is 5.84 Å². The van der Waals surface area contributed by atoms with E-state index in [0.717, 1.165) is 5.56 Å². The average Bonchev–Trinajstić information content (AvgIpc) is 2.46. The zero-order valence-electron chi connectivity index (χ0n) is 11.3. The van der Waals surface area contributed by atoms with Gasteiger partial charge in [0.1, 0.15) is 11.7 Å². The highest BCUT2D eigenvalue weighted by atomic mass is 19.1. The van der Waals surface area contributed by atoms with Crippen molar-refractivity contribution < 1.29 is 9.13 Å². The number of amidine groups is 1. The van der Waals surface area contributed by atoms with Crippen LogP contribution in [-0.4, -0.2) is 5.84 Å². The number of ether oxygens (including phenoxy) is 1. The van der Waals surface area contributed by atoms with Gasteiger partial charge in [-0.05, 0) is 18.6 Å². The van der Waals surface area contributed by atoms with E-state index in [2.05, 4.69) is 0 Å². The minimum absolute atomic E-state index is 0.110. The number of hydrogen-bond donors (Lipinski definition) is 2. The third kappa shape index (κ3) is 3.22. The number of nitrogens with two attached hydrogens (primary N) is 1. The van der Waals surface area contributed by atoms with Crippen molar-refractivity contribution in [2.75, 3.05) is 0 Å². The molecule has 0 aromatic heterocycles. The first kappa shape index (κ1) is 14.2. The molecule has 20 heavy (non-hydrogen) atoms. The summed E-state index contributed by atoms with van der Waals surface area (Å²) < 4.78 is 19.8. The van der Waals surface area contributed by atoms with Gasteiger partial charge in [-0.3, -0.25) is 5.41 Å². The lowest BCUT2D eigenvalue weighted by Gasteiger charge is -2.14. The van der Waals surface area contributed by atoms with Gasteiger partial charge < -0.3 is 10.5 Å². The molecule has 1 unspecified atom stereocenters. The summed E-state index contributed by atoms with van der Waals surface area (Å²) in [4.78, 5) is 0. The predicted octanol–water partition coefficient (Wildman–Crippen LogP) is 3.39. The van der Waals surface area contributed by atoms with Crippen LogP contribution in [0.3, 0.4) is 0 Å². The Labute approximate surface area is 117 Å². The topological polar surface area (TPSA) is 59.1 Å². The van der Waals surface area contributed by atoms with Crippen molar-refractivity contribution in [1.82, 2.24) is 0 Å². The van der Waals surface area contributed by atoms with E-state index in [1.165, 1.54) is 6.07 Å². The Morgan fingerprint density at radius 2 is 1.90 bits per heavy atom. The van der Waals surface area contributed by atoms with Crippen LogP contribution in [-0.2, 0) is 11.3 Å². The third-order valence-corrected chi connectivity index (χ3v) is 3.13. The Morgan fingerprint density at radius 3 is 2.55 bits per heavy atom. The molecule has 0 saturated carbocycles. The van der Waals surface area contributed by atoms with E-state index in [4.69, 9.17) is 15.9 Å². The first-order chi connectivity index (χ1) is 9.59. The Balaban J connectivity index is 2.08. The van der Waals surface area contributed by atoms with Gasteiger partial charge in [0.2, 0.25) is 0 Å². The Morgan fingerprint density at radius 1 is 1.20 bits per heavy atom. The molecule has 2 aromatic carbocycles. The lowest BCUT2D eigenvalue weighted by atomic mass is 10.1. The molecule has 0 fully saturated rings. The highest BCUT2D eigenvalue weighted by Gasteiger charge is 2.12. The molecule has 4 heteroatoms. The zero-order chi connectivity index (χ0) is 14.5. The van der Waals surface area contributed by atoms with Crippen molar-refractivity contribution in [2.24, 2.45) is 5.73 Å². The van der Waals surface area contributed by atoms with Gasteiger partial charge in [-0.2, -0.15) is 0 Å². The maximum absolute atomic E-state index is 14.1. The number of benzene rings is 2. The van der Waals surface area contributed by atoms with Gasteiger partial charge in [0.05, 0.1) is 18.3 Å². The minimum Gasteiger partial charge on any atom is -0.384 e. The van der Waals surface area contributed by atoms with Gasteiger partial charge >= 0.3 is 0 Å². The number of halogens is 1. The summed E-state index contributed by atoms with van der Waals surface area (Å²) in [6, 6.07) is 14.5. The van der Waals surface area contributed by atoms with Crippen LogP contribution in [0, 0.1) is 11.2 Å². The summed E-state index contributed by atoms with van der Waals surface area (Å²) in [5, 5.41) is 7.32. The van der Waals surface area contributed by atoms with E-state index >= 15 is 0 Å². The molecule has 0 radical (unpaired) electrons. The minimum atomic E-state index is -0.486. The second kappa shape index (κ2) is 6.30. The highest BCUT2D eigenvalue weighted by Crippen LogP contribution is 2.20. The molecule has 0 bridgehead atoms. The first-order valence-electron chi connectivity index (χ1n) is 6.38.